The highest BCUT2D eigenvalue weighted by Crippen LogP contribution is 2.32. The molecule has 3 rings (SSSR count). The maximum atomic E-state index is 13.3. The average Bonchev–Trinajstić information content (AvgIpc) is 2.97. The molecule has 0 spiro atoms. The Labute approximate surface area is 117 Å². The molecule has 1 aliphatic heterocycles. The van der Waals surface area contributed by atoms with Crippen LogP contribution in [0.5, 0.6) is 0 Å². The molecule has 4 heteroatoms. The Morgan fingerprint density at radius 1 is 1.25 bits per heavy atom. The van der Waals surface area contributed by atoms with Gasteiger partial charge in [-0.3, -0.25) is 9.78 Å². The number of hydrogen-bond acceptors (Lipinski definition) is 2. The van der Waals surface area contributed by atoms with Crippen molar-refractivity contribution >= 4 is 5.91 Å². The average molecular weight is 270 g/mol. The van der Waals surface area contributed by atoms with Gasteiger partial charge in [-0.05, 0) is 48.7 Å². The minimum atomic E-state index is -0.379. The quantitative estimate of drug-likeness (QED) is 0.839. The number of likely N-dealkylation sites (tertiary alicyclic amines) is 1. The number of carbonyl (C=O) groups is 1. The first-order valence-corrected chi connectivity index (χ1v) is 6.72. The van der Waals surface area contributed by atoms with Crippen molar-refractivity contribution in [3.63, 3.8) is 0 Å². The van der Waals surface area contributed by atoms with Crippen LogP contribution in [0.15, 0.2) is 48.8 Å². The zero-order valence-corrected chi connectivity index (χ0v) is 11.0. The van der Waals surface area contributed by atoms with Gasteiger partial charge in [0.05, 0.1) is 6.04 Å². The number of halogens is 1. The van der Waals surface area contributed by atoms with Crippen LogP contribution in [-0.4, -0.2) is 22.3 Å². The molecule has 0 N–H and O–H groups in total. The summed E-state index contributed by atoms with van der Waals surface area (Å²) in [5.74, 6) is -0.487. The first-order valence-electron chi connectivity index (χ1n) is 6.72. The van der Waals surface area contributed by atoms with Crippen LogP contribution >= 0.6 is 0 Å². The number of aromatic nitrogens is 1. The highest BCUT2D eigenvalue weighted by atomic mass is 19.1. The lowest BCUT2D eigenvalue weighted by molar-refractivity contribution is 0.0735. The van der Waals surface area contributed by atoms with E-state index in [0.29, 0.717) is 12.1 Å². The zero-order chi connectivity index (χ0) is 13.9. The van der Waals surface area contributed by atoms with Gasteiger partial charge in [-0.1, -0.05) is 6.07 Å². The van der Waals surface area contributed by atoms with Gasteiger partial charge in [-0.25, -0.2) is 4.39 Å². The van der Waals surface area contributed by atoms with Crippen molar-refractivity contribution in [2.75, 3.05) is 6.54 Å². The van der Waals surface area contributed by atoms with Crippen molar-refractivity contribution < 1.29 is 9.18 Å². The van der Waals surface area contributed by atoms with Gasteiger partial charge in [0, 0.05) is 24.5 Å². The number of pyridine rings is 1. The molecular weight excluding hydrogens is 255 g/mol. The smallest absolute Gasteiger partial charge is 0.254 e. The maximum Gasteiger partial charge on any atom is 0.254 e. The fourth-order valence-corrected chi connectivity index (χ4v) is 2.73. The van der Waals surface area contributed by atoms with Gasteiger partial charge in [-0.2, -0.15) is 0 Å². The van der Waals surface area contributed by atoms with E-state index >= 15 is 0 Å². The first kappa shape index (κ1) is 12.8. The Balaban J connectivity index is 1.87. The molecule has 102 valence electrons. The predicted molar refractivity (Wildman–Crippen MR) is 73.6 cm³/mol. The molecule has 1 saturated heterocycles. The molecule has 2 aromatic rings. The summed E-state index contributed by atoms with van der Waals surface area (Å²) in [5, 5.41) is 0. The molecule has 1 aromatic carbocycles. The second kappa shape index (κ2) is 5.41. The number of nitrogens with zero attached hydrogens (tertiary/aromatic N) is 2. The number of carbonyl (C=O) groups excluding carboxylic acids is 1. The minimum Gasteiger partial charge on any atom is -0.332 e. The highest BCUT2D eigenvalue weighted by Gasteiger charge is 2.30. The van der Waals surface area contributed by atoms with Crippen molar-refractivity contribution in [1.82, 2.24) is 9.88 Å². The molecule has 1 fully saturated rings. The number of benzene rings is 1. The monoisotopic (exact) mass is 270 g/mol. The van der Waals surface area contributed by atoms with Gasteiger partial charge in [-0.15, -0.1) is 0 Å². The summed E-state index contributed by atoms with van der Waals surface area (Å²) < 4.78 is 13.3. The second-order valence-electron chi connectivity index (χ2n) is 4.95. The van der Waals surface area contributed by atoms with Gasteiger partial charge in [0.25, 0.3) is 5.91 Å². The third kappa shape index (κ3) is 2.41. The lowest BCUT2D eigenvalue weighted by Crippen LogP contribution is -2.30. The van der Waals surface area contributed by atoms with Crippen LogP contribution in [-0.2, 0) is 0 Å². The van der Waals surface area contributed by atoms with Crippen LogP contribution < -0.4 is 0 Å². The van der Waals surface area contributed by atoms with E-state index in [2.05, 4.69) is 4.98 Å². The van der Waals surface area contributed by atoms with E-state index in [1.807, 2.05) is 17.0 Å². The SMILES string of the molecule is O=C(c1cccc(F)c1)N1CCCC1c1ccncc1. The normalized spacial score (nSPS) is 18.2. The summed E-state index contributed by atoms with van der Waals surface area (Å²) in [6, 6.07) is 9.80. The van der Waals surface area contributed by atoms with E-state index in [1.165, 1.54) is 12.1 Å². The molecule has 0 bridgehead atoms. The highest BCUT2D eigenvalue weighted by molar-refractivity contribution is 5.94. The fourth-order valence-electron chi connectivity index (χ4n) is 2.73. The number of hydrogen-bond donors (Lipinski definition) is 0. The van der Waals surface area contributed by atoms with E-state index < -0.39 is 0 Å². The molecular formula is C16H15FN2O. The first-order chi connectivity index (χ1) is 9.75. The molecule has 2 heterocycles. The standard InChI is InChI=1S/C16H15FN2O/c17-14-4-1-3-13(11-14)16(20)19-10-2-5-15(19)12-6-8-18-9-7-12/h1,3-4,6-9,11,15H,2,5,10H2. The van der Waals surface area contributed by atoms with Crippen molar-refractivity contribution in [1.29, 1.82) is 0 Å². The van der Waals surface area contributed by atoms with Gasteiger partial charge in [0.2, 0.25) is 0 Å². The molecule has 1 unspecified atom stereocenters. The summed E-state index contributed by atoms with van der Waals surface area (Å²) >= 11 is 0. The maximum absolute atomic E-state index is 13.3. The zero-order valence-electron chi connectivity index (χ0n) is 11.0. The molecule has 1 atom stereocenters. The second-order valence-corrected chi connectivity index (χ2v) is 4.95. The molecule has 1 aliphatic rings. The molecule has 1 aromatic heterocycles. The van der Waals surface area contributed by atoms with Crippen LogP contribution in [0.2, 0.25) is 0 Å². The topological polar surface area (TPSA) is 33.2 Å². The fraction of sp³-hybridized carbons (Fsp3) is 0.250. The van der Waals surface area contributed by atoms with E-state index in [-0.39, 0.29) is 17.8 Å². The lowest BCUT2D eigenvalue weighted by atomic mass is 10.1. The van der Waals surface area contributed by atoms with Crippen LogP contribution in [0.1, 0.15) is 34.8 Å². The minimum absolute atomic E-state index is 0.0637. The molecule has 1 amide bonds. The van der Waals surface area contributed by atoms with E-state index in [0.717, 1.165) is 18.4 Å². The van der Waals surface area contributed by atoms with Gasteiger partial charge in [0.15, 0.2) is 0 Å². The third-order valence-corrected chi connectivity index (χ3v) is 3.68. The Hall–Kier alpha value is -2.23. The largest absolute Gasteiger partial charge is 0.332 e. The van der Waals surface area contributed by atoms with Crippen LogP contribution in [0.4, 0.5) is 4.39 Å². The Morgan fingerprint density at radius 2 is 2.05 bits per heavy atom. The summed E-state index contributed by atoms with van der Waals surface area (Å²) in [6.45, 7) is 0.711. The Bertz CT molecular complexity index is 615. The summed E-state index contributed by atoms with van der Waals surface area (Å²) in [7, 11) is 0. The van der Waals surface area contributed by atoms with Crippen molar-refractivity contribution in [3.05, 3.63) is 65.7 Å². The molecule has 20 heavy (non-hydrogen) atoms. The molecule has 0 radical (unpaired) electrons. The van der Waals surface area contributed by atoms with Crippen LogP contribution in [0.3, 0.4) is 0 Å². The Morgan fingerprint density at radius 3 is 2.80 bits per heavy atom. The van der Waals surface area contributed by atoms with Gasteiger partial charge in [0.1, 0.15) is 5.82 Å². The van der Waals surface area contributed by atoms with E-state index in [4.69, 9.17) is 0 Å². The molecule has 0 aliphatic carbocycles. The van der Waals surface area contributed by atoms with Crippen molar-refractivity contribution in [2.45, 2.75) is 18.9 Å². The number of amides is 1. The molecule has 3 nitrogen and oxygen atoms in total. The van der Waals surface area contributed by atoms with Gasteiger partial charge < -0.3 is 4.90 Å². The number of rotatable bonds is 2. The van der Waals surface area contributed by atoms with Gasteiger partial charge >= 0.3 is 0 Å². The van der Waals surface area contributed by atoms with Crippen molar-refractivity contribution in [3.8, 4) is 0 Å². The molecule has 0 saturated carbocycles. The summed E-state index contributed by atoms with van der Waals surface area (Å²) in [6.07, 6.45) is 5.37. The summed E-state index contributed by atoms with van der Waals surface area (Å²) in [5.41, 5.74) is 1.49. The van der Waals surface area contributed by atoms with Crippen molar-refractivity contribution in [2.24, 2.45) is 0 Å². The summed E-state index contributed by atoms with van der Waals surface area (Å²) in [4.78, 5) is 18.4. The van der Waals surface area contributed by atoms with Crippen LogP contribution in [0.25, 0.3) is 0 Å². The Kier molecular flexibility index (Phi) is 3.46. The van der Waals surface area contributed by atoms with E-state index in [1.54, 1.807) is 24.5 Å². The lowest BCUT2D eigenvalue weighted by Gasteiger charge is -2.25. The predicted octanol–water partition coefficient (Wildman–Crippen LogP) is 3.20. The van der Waals surface area contributed by atoms with Crippen LogP contribution in [0, 0.1) is 5.82 Å². The van der Waals surface area contributed by atoms with E-state index in [9.17, 15) is 9.18 Å². The third-order valence-electron chi connectivity index (χ3n) is 3.68.